The van der Waals surface area contributed by atoms with Gasteiger partial charge < -0.3 is 10.6 Å². The highest BCUT2D eigenvalue weighted by atomic mass is 79.9. The van der Waals surface area contributed by atoms with Gasteiger partial charge in [0, 0.05) is 13.1 Å². The Labute approximate surface area is 119 Å². The summed E-state index contributed by atoms with van der Waals surface area (Å²) < 4.78 is 0.985. The molecule has 0 saturated heterocycles. The van der Waals surface area contributed by atoms with E-state index in [1.54, 1.807) is 0 Å². The quantitative estimate of drug-likeness (QED) is 0.832. The van der Waals surface area contributed by atoms with Crippen molar-refractivity contribution in [1.29, 1.82) is 0 Å². The van der Waals surface area contributed by atoms with E-state index in [4.69, 9.17) is 0 Å². The lowest BCUT2D eigenvalue weighted by Gasteiger charge is -2.14. The molecule has 94 valence electrons. The molecule has 17 heavy (non-hydrogen) atoms. The second-order valence-electron chi connectivity index (χ2n) is 3.60. The summed E-state index contributed by atoms with van der Waals surface area (Å²) in [7, 11) is 0. The molecule has 2 heterocycles. The fraction of sp³-hybridized carbons (Fsp3) is 0.364. The monoisotopic (exact) mass is 336 g/mol. The second-order valence-corrected chi connectivity index (χ2v) is 6.07. The van der Waals surface area contributed by atoms with Crippen molar-refractivity contribution in [2.24, 2.45) is 0 Å². The molecular weight excluding hydrogens is 324 g/mol. The average Bonchev–Trinajstić information content (AvgIpc) is 2.74. The predicted octanol–water partition coefficient (Wildman–Crippen LogP) is 2.58. The van der Waals surface area contributed by atoms with Crippen LogP contribution in [0.25, 0.3) is 0 Å². The molecule has 0 bridgehead atoms. The first-order chi connectivity index (χ1) is 7.75. The van der Waals surface area contributed by atoms with Crippen molar-refractivity contribution in [3.8, 4) is 0 Å². The Bertz CT molecular complexity index is 419. The first kappa shape index (κ1) is 14.7. The van der Waals surface area contributed by atoms with Crippen molar-refractivity contribution in [3.63, 3.8) is 0 Å². The number of carbonyl (C=O) groups excluding carboxylic acids is 1. The molecule has 0 spiro atoms. The van der Waals surface area contributed by atoms with Gasteiger partial charge >= 0.3 is 0 Å². The second kappa shape index (κ2) is 7.16. The Morgan fingerprint density at radius 1 is 1.53 bits per heavy atom. The number of thiophene rings is 1. The third-order valence-corrected chi connectivity index (χ3v) is 4.05. The molecule has 1 aromatic rings. The molecule has 3 nitrogen and oxygen atoms in total. The van der Waals surface area contributed by atoms with E-state index in [1.807, 2.05) is 12.1 Å². The number of nitrogens with one attached hydrogen (secondary N) is 2. The SMILES string of the molecule is Cl.O=C(NCC1=CCNCC1)c1ccc(Br)s1. The molecule has 0 radical (unpaired) electrons. The maximum atomic E-state index is 11.7. The summed E-state index contributed by atoms with van der Waals surface area (Å²) in [4.78, 5) is 12.5. The molecule has 6 heteroatoms. The van der Waals surface area contributed by atoms with Crippen molar-refractivity contribution in [2.75, 3.05) is 19.6 Å². The normalized spacial score (nSPS) is 14.8. The number of halogens is 2. The van der Waals surface area contributed by atoms with Crippen molar-refractivity contribution in [3.05, 3.63) is 32.4 Å². The van der Waals surface area contributed by atoms with Gasteiger partial charge in [0.05, 0.1) is 8.66 Å². The molecule has 2 N–H and O–H groups in total. The molecule has 0 unspecified atom stereocenters. The first-order valence-corrected chi connectivity index (χ1v) is 6.79. The van der Waals surface area contributed by atoms with Crippen LogP contribution in [0.3, 0.4) is 0 Å². The van der Waals surface area contributed by atoms with Crippen LogP contribution in [0.2, 0.25) is 0 Å². The van der Waals surface area contributed by atoms with E-state index in [2.05, 4.69) is 32.6 Å². The Kier molecular flexibility index (Phi) is 6.19. The fourth-order valence-corrected chi connectivity index (χ4v) is 2.85. The van der Waals surface area contributed by atoms with Crippen LogP contribution in [0.15, 0.2) is 27.6 Å². The van der Waals surface area contributed by atoms with Crippen LogP contribution in [0.4, 0.5) is 0 Å². The number of carbonyl (C=O) groups is 1. The molecule has 0 aliphatic carbocycles. The third-order valence-electron chi connectivity index (χ3n) is 2.43. The minimum absolute atomic E-state index is 0. The zero-order chi connectivity index (χ0) is 11.4. The Balaban J connectivity index is 0.00000144. The Morgan fingerprint density at radius 3 is 2.94 bits per heavy atom. The van der Waals surface area contributed by atoms with Gasteiger partial charge in [0.1, 0.15) is 0 Å². The van der Waals surface area contributed by atoms with Crippen LogP contribution < -0.4 is 10.6 Å². The van der Waals surface area contributed by atoms with E-state index >= 15 is 0 Å². The Morgan fingerprint density at radius 2 is 2.35 bits per heavy atom. The summed E-state index contributed by atoms with van der Waals surface area (Å²) in [5.74, 6) is 0.00938. The minimum atomic E-state index is 0. The van der Waals surface area contributed by atoms with Crippen LogP contribution in [0, 0.1) is 0 Å². The van der Waals surface area contributed by atoms with Crippen LogP contribution in [-0.2, 0) is 0 Å². The summed E-state index contributed by atoms with van der Waals surface area (Å²) in [5.41, 5.74) is 1.31. The molecule has 1 aromatic heterocycles. The molecule has 1 aliphatic rings. The largest absolute Gasteiger partial charge is 0.348 e. The summed E-state index contributed by atoms with van der Waals surface area (Å²) in [6.07, 6.45) is 3.17. The number of amides is 1. The highest BCUT2D eigenvalue weighted by molar-refractivity contribution is 9.11. The van der Waals surface area contributed by atoms with Crippen LogP contribution in [-0.4, -0.2) is 25.5 Å². The lowest BCUT2D eigenvalue weighted by atomic mass is 10.1. The standard InChI is InChI=1S/C11H13BrN2OS.ClH/c12-10-2-1-9(16-10)11(15)14-7-8-3-5-13-6-4-8;/h1-3,13H,4-7H2,(H,14,15);1H. The first-order valence-electron chi connectivity index (χ1n) is 5.18. The molecule has 0 fully saturated rings. The van der Waals surface area contributed by atoms with Gasteiger partial charge in [-0.3, -0.25) is 4.79 Å². The van der Waals surface area contributed by atoms with Gasteiger partial charge in [0.15, 0.2) is 0 Å². The van der Waals surface area contributed by atoms with E-state index < -0.39 is 0 Å². The van der Waals surface area contributed by atoms with E-state index in [-0.39, 0.29) is 18.3 Å². The van der Waals surface area contributed by atoms with E-state index in [0.29, 0.717) is 6.54 Å². The van der Waals surface area contributed by atoms with Crippen molar-refractivity contribution < 1.29 is 4.79 Å². The van der Waals surface area contributed by atoms with Gasteiger partial charge in [-0.05, 0) is 41.0 Å². The van der Waals surface area contributed by atoms with Gasteiger partial charge in [-0.1, -0.05) is 11.6 Å². The number of rotatable bonds is 3. The summed E-state index contributed by atoms with van der Waals surface area (Å²) in [5, 5.41) is 6.18. The minimum Gasteiger partial charge on any atom is -0.348 e. The van der Waals surface area contributed by atoms with Gasteiger partial charge in [-0.15, -0.1) is 23.7 Å². The molecule has 1 aliphatic heterocycles. The molecule has 0 atom stereocenters. The topological polar surface area (TPSA) is 41.1 Å². The van der Waals surface area contributed by atoms with E-state index in [9.17, 15) is 4.79 Å². The summed E-state index contributed by atoms with van der Waals surface area (Å²) in [6.45, 7) is 2.58. The molecule has 1 amide bonds. The van der Waals surface area contributed by atoms with Gasteiger partial charge in [0.2, 0.25) is 0 Å². The molecule has 0 saturated carbocycles. The van der Waals surface area contributed by atoms with Crippen molar-refractivity contribution in [1.82, 2.24) is 10.6 Å². The number of hydrogen-bond acceptors (Lipinski definition) is 3. The maximum absolute atomic E-state index is 11.7. The maximum Gasteiger partial charge on any atom is 0.261 e. The summed E-state index contributed by atoms with van der Waals surface area (Å²) >= 11 is 4.80. The lowest BCUT2D eigenvalue weighted by molar-refractivity contribution is 0.0960. The van der Waals surface area contributed by atoms with E-state index in [0.717, 1.165) is 28.2 Å². The molecule has 2 rings (SSSR count). The van der Waals surface area contributed by atoms with Gasteiger partial charge in [-0.25, -0.2) is 0 Å². The predicted molar refractivity (Wildman–Crippen MR) is 77.2 cm³/mol. The zero-order valence-electron chi connectivity index (χ0n) is 9.16. The zero-order valence-corrected chi connectivity index (χ0v) is 12.4. The van der Waals surface area contributed by atoms with Crippen LogP contribution in [0.5, 0.6) is 0 Å². The van der Waals surface area contributed by atoms with E-state index in [1.165, 1.54) is 16.9 Å². The Hall–Kier alpha value is -0.360. The summed E-state index contributed by atoms with van der Waals surface area (Å²) in [6, 6.07) is 3.73. The fourth-order valence-electron chi connectivity index (χ4n) is 1.55. The highest BCUT2D eigenvalue weighted by Crippen LogP contribution is 2.21. The van der Waals surface area contributed by atoms with Crippen LogP contribution in [0.1, 0.15) is 16.1 Å². The lowest BCUT2D eigenvalue weighted by Crippen LogP contribution is -2.29. The van der Waals surface area contributed by atoms with Gasteiger partial charge in [0.25, 0.3) is 5.91 Å². The van der Waals surface area contributed by atoms with Crippen LogP contribution >= 0.6 is 39.7 Å². The highest BCUT2D eigenvalue weighted by Gasteiger charge is 2.09. The molecular formula is C11H14BrClN2OS. The average molecular weight is 338 g/mol. The smallest absolute Gasteiger partial charge is 0.261 e. The number of hydrogen-bond donors (Lipinski definition) is 2. The van der Waals surface area contributed by atoms with Crippen molar-refractivity contribution >= 4 is 45.6 Å². The molecule has 0 aromatic carbocycles. The van der Waals surface area contributed by atoms with Gasteiger partial charge in [-0.2, -0.15) is 0 Å². The third kappa shape index (κ3) is 4.43. The van der Waals surface area contributed by atoms with Crippen molar-refractivity contribution in [2.45, 2.75) is 6.42 Å².